The largest absolute Gasteiger partial charge is 0.406 e. The van der Waals surface area contributed by atoms with Gasteiger partial charge >= 0.3 is 12.0 Å². The van der Waals surface area contributed by atoms with Crippen molar-refractivity contribution in [3.8, 4) is 0 Å². The van der Waals surface area contributed by atoms with Crippen LogP contribution in [0.1, 0.15) is 36.9 Å². The van der Waals surface area contributed by atoms with Crippen molar-refractivity contribution < 1.29 is 14.0 Å². The molecule has 1 atom stereocenters. The number of anilines is 2. The van der Waals surface area contributed by atoms with Crippen LogP contribution in [0.5, 0.6) is 0 Å². The van der Waals surface area contributed by atoms with Crippen LogP contribution < -0.4 is 16.0 Å². The van der Waals surface area contributed by atoms with Crippen LogP contribution in [0.25, 0.3) is 0 Å². The molecule has 0 aliphatic carbocycles. The molecule has 3 aromatic rings. The van der Waals surface area contributed by atoms with Crippen molar-refractivity contribution >= 4 is 35.2 Å². The van der Waals surface area contributed by atoms with Gasteiger partial charge in [-0.05, 0) is 41.8 Å². The minimum absolute atomic E-state index is 0.0243. The molecule has 0 bridgehead atoms. The van der Waals surface area contributed by atoms with Crippen LogP contribution >= 0.6 is 11.6 Å². The third-order valence-electron chi connectivity index (χ3n) is 4.30. The Bertz CT molecular complexity index is 1000. The van der Waals surface area contributed by atoms with E-state index in [9.17, 15) is 9.59 Å². The number of halogens is 1. The van der Waals surface area contributed by atoms with E-state index >= 15 is 0 Å². The molecule has 3 amide bonds. The number of rotatable bonds is 7. The summed E-state index contributed by atoms with van der Waals surface area (Å²) in [6, 6.07) is 13.8. The zero-order valence-electron chi connectivity index (χ0n) is 16.6. The van der Waals surface area contributed by atoms with Gasteiger partial charge < -0.3 is 15.1 Å². The number of amides is 3. The molecule has 0 saturated heterocycles. The van der Waals surface area contributed by atoms with Gasteiger partial charge in [-0.1, -0.05) is 47.9 Å². The molecule has 8 nitrogen and oxygen atoms in total. The molecule has 3 rings (SSSR count). The standard InChI is InChI=1S/C21H22ClN5O3/c1-3-14-4-6-15(7-5-14)12-18(19-26-27-21(30-19)23-13(2)28)25-20(29)24-17-10-8-16(22)9-11-17/h4-11,18H,3,12H2,1-2H3,(H,23,27,28)(H2,24,25,29). The molecule has 9 heteroatoms. The minimum atomic E-state index is -0.597. The Balaban J connectivity index is 1.76. The van der Waals surface area contributed by atoms with Gasteiger partial charge in [0.15, 0.2) is 0 Å². The molecule has 0 spiro atoms. The predicted molar refractivity (Wildman–Crippen MR) is 114 cm³/mol. The summed E-state index contributed by atoms with van der Waals surface area (Å²) in [6.07, 6.45) is 1.37. The van der Waals surface area contributed by atoms with Gasteiger partial charge in [-0.2, -0.15) is 0 Å². The highest BCUT2D eigenvalue weighted by atomic mass is 35.5. The van der Waals surface area contributed by atoms with Crippen molar-refractivity contribution in [1.29, 1.82) is 0 Å². The molecular formula is C21H22ClN5O3. The number of carbonyl (C=O) groups excluding carboxylic acids is 2. The summed E-state index contributed by atoms with van der Waals surface area (Å²) in [5.41, 5.74) is 2.80. The van der Waals surface area contributed by atoms with Crippen LogP contribution in [-0.4, -0.2) is 22.1 Å². The van der Waals surface area contributed by atoms with Crippen LogP contribution in [0, 0.1) is 0 Å². The number of hydrogen-bond acceptors (Lipinski definition) is 5. The Morgan fingerprint density at radius 2 is 1.67 bits per heavy atom. The maximum absolute atomic E-state index is 12.5. The molecule has 0 fully saturated rings. The Labute approximate surface area is 179 Å². The smallest absolute Gasteiger partial charge is 0.322 e. The van der Waals surface area contributed by atoms with Crippen molar-refractivity contribution in [3.63, 3.8) is 0 Å². The van der Waals surface area contributed by atoms with Gasteiger partial charge in [-0.3, -0.25) is 10.1 Å². The zero-order valence-corrected chi connectivity index (χ0v) is 17.4. The number of nitrogens with one attached hydrogen (secondary N) is 3. The molecule has 30 heavy (non-hydrogen) atoms. The summed E-state index contributed by atoms with van der Waals surface area (Å²) in [5, 5.41) is 16.4. The van der Waals surface area contributed by atoms with Crippen LogP contribution in [0.3, 0.4) is 0 Å². The fraction of sp³-hybridized carbons (Fsp3) is 0.238. The lowest BCUT2D eigenvalue weighted by Gasteiger charge is -2.16. The Kier molecular flexibility index (Phi) is 7.03. The first-order valence-electron chi connectivity index (χ1n) is 9.45. The molecule has 3 N–H and O–H groups in total. The second kappa shape index (κ2) is 9.89. The van der Waals surface area contributed by atoms with Crippen LogP contribution in [0.4, 0.5) is 16.5 Å². The normalized spacial score (nSPS) is 11.6. The first-order chi connectivity index (χ1) is 14.4. The molecule has 0 aliphatic rings. The van der Waals surface area contributed by atoms with Gasteiger partial charge in [-0.25, -0.2) is 4.79 Å². The lowest BCUT2D eigenvalue weighted by molar-refractivity contribution is -0.114. The Morgan fingerprint density at radius 1 is 1.00 bits per heavy atom. The third-order valence-corrected chi connectivity index (χ3v) is 4.55. The maximum atomic E-state index is 12.5. The van der Waals surface area contributed by atoms with E-state index in [1.54, 1.807) is 24.3 Å². The molecule has 2 aromatic carbocycles. The first-order valence-corrected chi connectivity index (χ1v) is 9.82. The summed E-state index contributed by atoms with van der Waals surface area (Å²) in [7, 11) is 0. The minimum Gasteiger partial charge on any atom is -0.406 e. The van der Waals surface area contributed by atoms with E-state index in [0.29, 0.717) is 17.1 Å². The second-order valence-corrected chi connectivity index (χ2v) is 7.10. The van der Waals surface area contributed by atoms with Crippen molar-refractivity contribution in [2.24, 2.45) is 0 Å². The average molecular weight is 428 g/mol. The number of benzene rings is 2. The fourth-order valence-electron chi connectivity index (χ4n) is 2.78. The van der Waals surface area contributed by atoms with E-state index in [4.69, 9.17) is 16.0 Å². The van der Waals surface area contributed by atoms with Gasteiger partial charge in [0.05, 0.1) is 0 Å². The van der Waals surface area contributed by atoms with Crippen molar-refractivity contribution in [1.82, 2.24) is 15.5 Å². The predicted octanol–water partition coefficient (Wildman–Crippen LogP) is 4.35. The van der Waals surface area contributed by atoms with E-state index in [1.807, 2.05) is 24.3 Å². The maximum Gasteiger partial charge on any atom is 0.322 e. The number of carbonyl (C=O) groups is 2. The lowest BCUT2D eigenvalue weighted by Crippen LogP contribution is -2.34. The molecule has 0 saturated carbocycles. The summed E-state index contributed by atoms with van der Waals surface area (Å²) in [4.78, 5) is 23.8. The number of aromatic nitrogens is 2. The molecule has 0 radical (unpaired) electrons. The highest BCUT2D eigenvalue weighted by Crippen LogP contribution is 2.21. The second-order valence-electron chi connectivity index (χ2n) is 6.66. The lowest BCUT2D eigenvalue weighted by atomic mass is 10.0. The van der Waals surface area contributed by atoms with Gasteiger partial charge in [0.2, 0.25) is 11.8 Å². The van der Waals surface area contributed by atoms with Gasteiger partial charge in [0.25, 0.3) is 0 Å². The molecule has 0 aliphatic heterocycles. The summed E-state index contributed by atoms with van der Waals surface area (Å²) >= 11 is 5.88. The van der Waals surface area contributed by atoms with Gasteiger partial charge in [0, 0.05) is 24.1 Å². The average Bonchev–Trinajstić information content (AvgIpc) is 3.17. The first kappa shape index (κ1) is 21.3. The molecule has 1 heterocycles. The molecular weight excluding hydrogens is 406 g/mol. The van der Waals surface area contributed by atoms with Gasteiger partial charge in [0.1, 0.15) is 6.04 Å². The van der Waals surface area contributed by atoms with Crippen molar-refractivity contribution in [2.45, 2.75) is 32.7 Å². The molecule has 1 aromatic heterocycles. The number of aryl methyl sites for hydroxylation is 1. The fourth-order valence-corrected chi connectivity index (χ4v) is 2.91. The van der Waals surface area contributed by atoms with Crippen LogP contribution in [0.2, 0.25) is 5.02 Å². The Morgan fingerprint density at radius 3 is 2.30 bits per heavy atom. The zero-order chi connectivity index (χ0) is 21.5. The molecule has 1 unspecified atom stereocenters. The number of hydrogen-bond donors (Lipinski definition) is 3. The van der Waals surface area contributed by atoms with Crippen LogP contribution in [0.15, 0.2) is 52.9 Å². The van der Waals surface area contributed by atoms with Crippen molar-refractivity contribution in [2.75, 3.05) is 10.6 Å². The van der Waals surface area contributed by atoms with E-state index in [0.717, 1.165) is 12.0 Å². The SMILES string of the molecule is CCc1ccc(CC(NC(=O)Nc2ccc(Cl)cc2)c2nnc(NC(C)=O)o2)cc1. The quantitative estimate of drug-likeness (QED) is 0.519. The topological polar surface area (TPSA) is 109 Å². The van der Waals surface area contributed by atoms with E-state index in [1.165, 1.54) is 12.5 Å². The van der Waals surface area contributed by atoms with Crippen molar-refractivity contribution in [3.05, 3.63) is 70.6 Å². The Hall–Kier alpha value is -3.39. The van der Waals surface area contributed by atoms with Gasteiger partial charge in [-0.15, -0.1) is 5.10 Å². The van der Waals surface area contributed by atoms with E-state index < -0.39 is 12.1 Å². The summed E-state index contributed by atoms with van der Waals surface area (Å²) < 4.78 is 5.53. The third kappa shape index (κ3) is 6.05. The molecule has 156 valence electrons. The monoisotopic (exact) mass is 427 g/mol. The highest BCUT2D eigenvalue weighted by Gasteiger charge is 2.22. The number of urea groups is 1. The number of nitrogens with zero attached hydrogens (tertiary/aromatic N) is 2. The highest BCUT2D eigenvalue weighted by molar-refractivity contribution is 6.30. The summed E-state index contributed by atoms with van der Waals surface area (Å²) in [5.74, 6) is -0.144. The van der Waals surface area contributed by atoms with E-state index in [-0.39, 0.29) is 17.8 Å². The van der Waals surface area contributed by atoms with E-state index in [2.05, 4.69) is 33.1 Å². The summed E-state index contributed by atoms with van der Waals surface area (Å²) in [6.45, 7) is 3.43. The van der Waals surface area contributed by atoms with Crippen LogP contribution in [-0.2, 0) is 17.6 Å².